The predicted molar refractivity (Wildman–Crippen MR) is 57.8 cm³/mol. The lowest BCUT2D eigenvalue weighted by atomic mass is 10.1. The summed E-state index contributed by atoms with van der Waals surface area (Å²) in [6.07, 6.45) is -0.255. The van der Waals surface area contributed by atoms with E-state index in [1.54, 1.807) is 11.9 Å². The molecular weight excluding hydrogens is 192 g/mol. The molecule has 1 aliphatic heterocycles. The van der Waals surface area contributed by atoms with Gasteiger partial charge in [0.2, 0.25) is 0 Å². The van der Waals surface area contributed by atoms with Crippen molar-refractivity contribution < 1.29 is 9.53 Å². The maximum absolute atomic E-state index is 11.2. The first-order valence-corrected chi connectivity index (χ1v) is 4.89. The molecule has 0 aromatic heterocycles. The lowest BCUT2D eigenvalue weighted by Crippen LogP contribution is -2.22. The van der Waals surface area contributed by atoms with E-state index < -0.39 is 0 Å². The fourth-order valence-electron chi connectivity index (χ4n) is 1.71. The first-order valence-electron chi connectivity index (χ1n) is 4.89. The Labute approximate surface area is 88.8 Å². The Morgan fingerprint density at radius 3 is 2.93 bits per heavy atom. The Morgan fingerprint density at radius 1 is 1.53 bits per heavy atom. The highest BCUT2D eigenvalue weighted by atomic mass is 16.6. The molecule has 80 valence electrons. The first kappa shape index (κ1) is 9.83. The van der Waals surface area contributed by atoms with Crippen molar-refractivity contribution in [2.75, 3.05) is 26.0 Å². The number of cyclic esters (lactones) is 1. The molecule has 1 fully saturated rings. The van der Waals surface area contributed by atoms with Crippen LogP contribution < -0.4 is 5.32 Å². The van der Waals surface area contributed by atoms with Gasteiger partial charge in [0.25, 0.3) is 0 Å². The Hall–Kier alpha value is -1.71. The molecule has 1 aliphatic rings. The fourth-order valence-corrected chi connectivity index (χ4v) is 1.71. The van der Waals surface area contributed by atoms with Crippen LogP contribution in [0.2, 0.25) is 0 Å². The SMILES string of the molecule is CNc1cccc([C@@H]2COC(=O)N2C)c1. The zero-order chi connectivity index (χ0) is 10.8. The Balaban J connectivity index is 2.26. The second-order valence-electron chi connectivity index (χ2n) is 3.58. The van der Waals surface area contributed by atoms with Crippen LogP contribution in [0, 0.1) is 0 Å². The van der Waals surface area contributed by atoms with Gasteiger partial charge in [0.1, 0.15) is 6.61 Å². The molecule has 1 aromatic carbocycles. The minimum atomic E-state index is -0.255. The van der Waals surface area contributed by atoms with E-state index in [0.717, 1.165) is 11.3 Å². The van der Waals surface area contributed by atoms with Crippen LogP contribution in [0.15, 0.2) is 24.3 Å². The Morgan fingerprint density at radius 2 is 2.33 bits per heavy atom. The van der Waals surface area contributed by atoms with E-state index in [9.17, 15) is 4.79 Å². The smallest absolute Gasteiger partial charge is 0.410 e. The molecule has 4 nitrogen and oxygen atoms in total. The molecular formula is C11H14N2O2. The summed E-state index contributed by atoms with van der Waals surface area (Å²) in [4.78, 5) is 12.8. The molecule has 15 heavy (non-hydrogen) atoms. The number of nitrogens with one attached hydrogen (secondary N) is 1. The van der Waals surface area contributed by atoms with Gasteiger partial charge in [0.05, 0.1) is 6.04 Å². The van der Waals surface area contributed by atoms with Crippen molar-refractivity contribution in [1.82, 2.24) is 4.90 Å². The van der Waals surface area contributed by atoms with Crippen LogP contribution in [0.25, 0.3) is 0 Å². The highest BCUT2D eigenvalue weighted by Gasteiger charge is 2.30. The maximum atomic E-state index is 11.2. The lowest BCUT2D eigenvalue weighted by molar-refractivity contribution is 0.163. The standard InChI is InChI=1S/C11H14N2O2/c1-12-9-5-3-4-8(6-9)10-7-15-11(14)13(10)2/h3-6,10,12H,7H2,1-2H3/t10-/m0/s1. The minimum Gasteiger partial charge on any atom is -0.447 e. The molecule has 0 saturated carbocycles. The van der Waals surface area contributed by atoms with E-state index in [4.69, 9.17) is 4.74 Å². The van der Waals surface area contributed by atoms with Crippen molar-refractivity contribution in [2.24, 2.45) is 0 Å². The van der Waals surface area contributed by atoms with Crippen LogP contribution in [0.5, 0.6) is 0 Å². The Kier molecular flexibility index (Phi) is 2.49. The normalized spacial score (nSPS) is 20.3. The third-order valence-electron chi connectivity index (χ3n) is 2.68. The molecule has 2 rings (SSSR count). The van der Waals surface area contributed by atoms with Crippen molar-refractivity contribution in [2.45, 2.75) is 6.04 Å². The maximum Gasteiger partial charge on any atom is 0.410 e. The molecule has 1 heterocycles. The fraction of sp³-hybridized carbons (Fsp3) is 0.364. The summed E-state index contributed by atoms with van der Waals surface area (Å²) >= 11 is 0. The molecule has 0 aliphatic carbocycles. The molecule has 1 aromatic rings. The highest BCUT2D eigenvalue weighted by molar-refractivity contribution is 5.70. The van der Waals surface area contributed by atoms with Crippen molar-refractivity contribution in [3.8, 4) is 0 Å². The van der Waals surface area contributed by atoms with E-state index in [1.165, 1.54) is 0 Å². The molecule has 4 heteroatoms. The summed E-state index contributed by atoms with van der Waals surface area (Å²) < 4.78 is 4.97. The largest absolute Gasteiger partial charge is 0.447 e. The number of hydrogen-bond acceptors (Lipinski definition) is 3. The van der Waals surface area contributed by atoms with Gasteiger partial charge in [0.15, 0.2) is 0 Å². The summed E-state index contributed by atoms with van der Waals surface area (Å²) in [5, 5.41) is 3.07. The third-order valence-corrected chi connectivity index (χ3v) is 2.68. The molecule has 0 unspecified atom stereocenters. The van der Waals surface area contributed by atoms with E-state index in [2.05, 4.69) is 5.32 Å². The molecule has 1 atom stereocenters. The van der Waals surface area contributed by atoms with Crippen LogP contribution in [0.3, 0.4) is 0 Å². The molecule has 1 N–H and O–H groups in total. The minimum absolute atomic E-state index is 0.0331. The van der Waals surface area contributed by atoms with Crippen LogP contribution >= 0.6 is 0 Å². The predicted octanol–water partition coefficient (Wildman–Crippen LogP) is 1.85. The number of ether oxygens (including phenoxy) is 1. The number of nitrogens with zero attached hydrogens (tertiary/aromatic N) is 1. The van der Waals surface area contributed by atoms with Crippen LogP contribution in [-0.2, 0) is 4.74 Å². The van der Waals surface area contributed by atoms with Gasteiger partial charge >= 0.3 is 6.09 Å². The number of benzene rings is 1. The van der Waals surface area contributed by atoms with E-state index in [0.29, 0.717) is 6.61 Å². The van der Waals surface area contributed by atoms with Gasteiger partial charge in [-0.05, 0) is 17.7 Å². The molecule has 1 saturated heterocycles. The highest BCUT2D eigenvalue weighted by Crippen LogP contribution is 2.27. The molecule has 0 radical (unpaired) electrons. The summed E-state index contributed by atoms with van der Waals surface area (Å²) in [5.41, 5.74) is 2.13. The molecule has 1 amide bonds. The van der Waals surface area contributed by atoms with E-state index in [-0.39, 0.29) is 12.1 Å². The van der Waals surface area contributed by atoms with E-state index in [1.807, 2.05) is 31.3 Å². The first-order chi connectivity index (χ1) is 7.22. The topological polar surface area (TPSA) is 41.6 Å². The number of anilines is 1. The van der Waals surface area contributed by atoms with Crippen LogP contribution in [0.1, 0.15) is 11.6 Å². The monoisotopic (exact) mass is 206 g/mol. The zero-order valence-electron chi connectivity index (χ0n) is 8.86. The van der Waals surface area contributed by atoms with Gasteiger partial charge in [-0.2, -0.15) is 0 Å². The zero-order valence-corrected chi connectivity index (χ0v) is 8.86. The van der Waals surface area contributed by atoms with Crippen molar-refractivity contribution in [3.05, 3.63) is 29.8 Å². The lowest BCUT2D eigenvalue weighted by Gasteiger charge is -2.16. The molecule has 0 bridgehead atoms. The third kappa shape index (κ3) is 1.75. The van der Waals surface area contributed by atoms with Gasteiger partial charge in [-0.15, -0.1) is 0 Å². The average Bonchev–Trinajstić information content (AvgIpc) is 2.60. The number of likely N-dealkylation sites (N-methyl/N-ethyl adjacent to an activating group) is 1. The van der Waals surface area contributed by atoms with Gasteiger partial charge in [0, 0.05) is 19.8 Å². The Bertz CT molecular complexity index is 379. The summed E-state index contributed by atoms with van der Waals surface area (Å²) in [5.74, 6) is 0. The summed E-state index contributed by atoms with van der Waals surface area (Å²) in [7, 11) is 3.63. The number of carbonyl (C=O) groups excluding carboxylic acids is 1. The van der Waals surface area contributed by atoms with E-state index >= 15 is 0 Å². The van der Waals surface area contributed by atoms with Gasteiger partial charge in [-0.3, -0.25) is 0 Å². The van der Waals surface area contributed by atoms with Gasteiger partial charge < -0.3 is 15.0 Å². The van der Waals surface area contributed by atoms with Gasteiger partial charge in [-0.1, -0.05) is 12.1 Å². The summed E-state index contributed by atoms with van der Waals surface area (Å²) in [6.45, 7) is 0.433. The van der Waals surface area contributed by atoms with Crippen LogP contribution in [-0.4, -0.2) is 31.7 Å². The van der Waals surface area contributed by atoms with Gasteiger partial charge in [-0.25, -0.2) is 4.79 Å². The van der Waals surface area contributed by atoms with Crippen molar-refractivity contribution in [3.63, 3.8) is 0 Å². The summed E-state index contributed by atoms with van der Waals surface area (Å²) in [6, 6.07) is 8.03. The van der Waals surface area contributed by atoms with Crippen LogP contribution in [0.4, 0.5) is 10.5 Å². The van der Waals surface area contributed by atoms with Crippen molar-refractivity contribution >= 4 is 11.8 Å². The quantitative estimate of drug-likeness (QED) is 0.803. The number of hydrogen-bond donors (Lipinski definition) is 1. The second kappa shape index (κ2) is 3.81. The average molecular weight is 206 g/mol. The molecule has 0 spiro atoms. The second-order valence-corrected chi connectivity index (χ2v) is 3.58. The van der Waals surface area contributed by atoms with Crippen molar-refractivity contribution in [1.29, 1.82) is 0 Å². The number of carbonyl (C=O) groups is 1. The number of rotatable bonds is 2. The number of amides is 1.